The molecule has 2 atom stereocenters. The lowest BCUT2D eigenvalue weighted by molar-refractivity contribution is -0.0818. The molecule has 2 heteroatoms. The van der Waals surface area contributed by atoms with Crippen molar-refractivity contribution in [3.63, 3.8) is 0 Å². The van der Waals surface area contributed by atoms with Crippen molar-refractivity contribution in [3.8, 4) is 0 Å². The molecule has 1 aromatic rings. The first-order valence-electron chi connectivity index (χ1n) is 4.70. The monoisotopic (exact) mass is 178 g/mol. The summed E-state index contributed by atoms with van der Waals surface area (Å²) in [5.41, 5.74) is 1.28. The minimum Gasteiger partial charge on any atom is -0.368 e. The van der Waals surface area contributed by atoms with Crippen molar-refractivity contribution in [2.75, 3.05) is 6.61 Å². The van der Waals surface area contributed by atoms with Gasteiger partial charge in [-0.1, -0.05) is 30.3 Å². The van der Waals surface area contributed by atoms with Gasteiger partial charge in [-0.05, 0) is 18.4 Å². The van der Waals surface area contributed by atoms with Crippen LogP contribution in [0.1, 0.15) is 12.0 Å². The Bertz CT molecular complexity index is 258. The van der Waals surface area contributed by atoms with E-state index in [-0.39, 0.29) is 5.92 Å². The highest BCUT2D eigenvalue weighted by Crippen LogP contribution is 2.22. The van der Waals surface area contributed by atoms with Gasteiger partial charge >= 0.3 is 0 Å². The molecule has 1 fully saturated rings. The standard InChI is InChI=1S/C11H14O2/c12-11-10(6-7-13-11)8-9-4-2-1-3-5-9/h1-5,10-12H,6-8H2. The van der Waals surface area contributed by atoms with Gasteiger partial charge < -0.3 is 9.84 Å². The van der Waals surface area contributed by atoms with Crippen molar-refractivity contribution in [2.24, 2.45) is 5.92 Å². The Morgan fingerprint density at radius 2 is 2.08 bits per heavy atom. The molecular formula is C11H14O2. The van der Waals surface area contributed by atoms with Gasteiger partial charge in [-0.15, -0.1) is 0 Å². The van der Waals surface area contributed by atoms with E-state index >= 15 is 0 Å². The van der Waals surface area contributed by atoms with Crippen LogP contribution in [0.5, 0.6) is 0 Å². The fourth-order valence-corrected chi connectivity index (χ4v) is 1.74. The SMILES string of the molecule is OC1OCCC1Cc1ccccc1. The van der Waals surface area contributed by atoms with Crippen molar-refractivity contribution >= 4 is 0 Å². The average Bonchev–Trinajstić information content (AvgIpc) is 2.54. The van der Waals surface area contributed by atoms with Gasteiger partial charge in [-0.2, -0.15) is 0 Å². The van der Waals surface area contributed by atoms with Crippen LogP contribution in [0.2, 0.25) is 0 Å². The topological polar surface area (TPSA) is 29.5 Å². The summed E-state index contributed by atoms with van der Waals surface area (Å²) in [5.74, 6) is 0.280. The molecule has 70 valence electrons. The Hall–Kier alpha value is -0.860. The molecule has 1 N–H and O–H groups in total. The quantitative estimate of drug-likeness (QED) is 0.745. The number of hydrogen-bond acceptors (Lipinski definition) is 2. The highest BCUT2D eigenvalue weighted by Gasteiger charge is 2.25. The molecule has 0 aliphatic carbocycles. The van der Waals surface area contributed by atoms with Crippen LogP contribution in [0.25, 0.3) is 0 Å². The first-order chi connectivity index (χ1) is 6.36. The smallest absolute Gasteiger partial charge is 0.157 e. The number of hydrogen-bond donors (Lipinski definition) is 1. The van der Waals surface area contributed by atoms with Gasteiger partial charge in [-0.25, -0.2) is 0 Å². The van der Waals surface area contributed by atoms with Gasteiger partial charge in [0.05, 0.1) is 6.61 Å². The van der Waals surface area contributed by atoms with Crippen LogP contribution in [-0.4, -0.2) is 18.0 Å². The number of ether oxygens (including phenoxy) is 1. The van der Waals surface area contributed by atoms with Crippen molar-refractivity contribution < 1.29 is 9.84 Å². The fourth-order valence-electron chi connectivity index (χ4n) is 1.74. The van der Waals surface area contributed by atoms with Crippen molar-refractivity contribution in [3.05, 3.63) is 35.9 Å². The lowest BCUT2D eigenvalue weighted by Gasteiger charge is -2.12. The van der Waals surface area contributed by atoms with E-state index in [1.807, 2.05) is 18.2 Å². The van der Waals surface area contributed by atoms with Crippen LogP contribution in [0.15, 0.2) is 30.3 Å². The van der Waals surface area contributed by atoms with E-state index < -0.39 is 6.29 Å². The Kier molecular flexibility index (Phi) is 2.62. The Morgan fingerprint density at radius 1 is 1.31 bits per heavy atom. The first-order valence-corrected chi connectivity index (χ1v) is 4.70. The molecule has 2 unspecified atom stereocenters. The van der Waals surface area contributed by atoms with Gasteiger partial charge in [-0.3, -0.25) is 0 Å². The largest absolute Gasteiger partial charge is 0.368 e. The normalized spacial score (nSPS) is 27.8. The molecule has 0 bridgehead atoms. The van der Waals surface area contributed by atoms with E-state index in [9.17, 15) is 5.11 Å². The second-order valence-corrected chi connectivity index (χ2v) is 3.50. The molecule has 1 aliphatic rings. The van der Waals surface area contributed by atoms with E-state index in [0.717, 1.165) is 12.8 Å². The Morgan fingerprint density at radius 3 is 2.69 bits per heavy atom. The molecule has 0 spiro atoms. The van der Waals surface area contributed by atoms with Gasteiger partial charge in [0.1, 0.15) is 0 Å². The lowest BCUT2D eigenvalue weighted by atomic mass is 9.98. The van der Waals surface area contributed by atoms with Crippen molar-refractivity contribution in [1.29, 1.82) is 0 Å². The van der Waals surface area contributed by atoms with Crippen LogP contribution in [0, 0.1) is 5.92 Å². The highest BCUT2D eigenvalue weighted by atomic mass is 16.6. The maximum atomic E-state index is 9.43. The molecule has 2 rings (SSSR count). The molecule has 1 heterocycles. The Labute approximate surface area is 78.2 Å². The van der Waals surface area contributed by atoms with Gasteiger partial charge in [0.25, 0.3) is 0 Å². The minimum absolute atomic E-state index is 0.280. The summed E-state index contributed by atoms with van der Waals surface area (Å²) >= 11 is 0. The molecule has 0 saturated carbocycles. The van der Waals surface area contributed by atoms with Crippen LogP contribution in [0.3, 0.4) is 0 Å². The summed E-state index contributed by atoms with van der Waals surface area (Å²) in [4.78, 5) is 0. The summed E-state index contributed by atoms with van der Waals surface area (Å²) < 4.78 is 5.09. The summed E-state index contributed by atoms with van der Waals surface area (Å²) in [6, 6.07) is 10.2. The summed E-state index contributed by atoms with van der Waals surface area (Å²) in [7, 11) is 0. The predicted molar refractivity (Wildman–Crippen MR) is 50.2 cm³/mol. The van der Waals surface area contributed by atoms with Crippen LogP contribution in [-0.2, 0) is 11.2 Å². The maximum Gasteiger partial charge on any atom is 0.157 e. The molecule has 0 radical (unpaired) electrons. The molecule has 0 aromatic heterocycles. The van der Waals surface area contributed by atoms with Gasteiger partial charge in [0, 0.05) is 5.92 Å². The number of rotatable bonds is 2. The van der Waals surface area contributed by atoms with Crippen LogP contribution >= 0.6 is 0 Å². The summed E-state index contributed by atoms with van der Waals surface area (Å²) in [6.07, 6.45) is 1.33. The zero-order valence-electron chi connectivity index (χ0n) is 7.52. The number of benzene rings is 1. The number of aliphatic hydroxyl groups excluding tert-OH is 1. The van der Waals surface area contributed by atoms with Crippen LogP contribution < -0.4 is 0 Å². The van der Waals surface area contributed by atoms with E-state index in [1.54, 1.807) is 0 Å². The Balaban J connectivity index is 1.98. The van der Waals surface area contributed by atoms with Crippen molar-refractivity contribution in [2.45, 2.75) is 19.1 Å². The predicted octanol–water partition coefficient (Wildman–Crippen LogP) is 1.58. The highest BCUT2D eigenvalue weighted by molar-refractivity contribution is 5.15. The third-order valence-corrected chi connectivity index (χ3v) is 2.52. The van der Waals surface area contributed by atoms with Crippen molar-refractivity contribution in [1.82, 2.24) is 0 Å². The van der Waals surface area contributed by atoms with E-state index in [1.165, 1.54) is 5.56 Å². The van der Waals surface area contributed by atoms with Crippen LogP contribution in [0.4, 0.5) is 0 Å². The molecule has 1 saturated heterocycles. The second kappa shape index (κ2) is 3.90. The summed E-state index contributed by atoms with van der Waals surface area (Å²) in [5, 5.41) is 9.43. The lowest BCUT2D eigenvalue weighted by Crippen LogP contribution is -2.16. The van der Waals surface area contributed by atoms with Gasteiger partial charge in [0.2, 0.25) is 0 Å². The third-order valence-electron chi connectivity index (χ3n) is 2.52. The molecule has 2 nitrogen and oxygen atoms in total. The number of aliphatic hydroxyl groups is 1. The molecule has 1 aromatic carbocycles. The molecular weight excluding hydrogens is 164 g/mol. The van der Waals surface area contributed by atoms with Gasteiger partial charge in [0.15, 0.2) is 6.29 Å². The summed E-state index contributed by atoms with van der Waals surface area (Å²) in [6.45, 7) is 0.693. The minimum atomic E-state index is -0.555. The molecule has 0 amide bonds. The third kappa shape index (κ3) is 2.08. The molecule has 1 aliphatic heterocycles. The van der Waals surface area contributed by atoms with E-state index in [0.29, 0.717) is 6.61 Å². The fraction of sp³-hybridized carbons (Fsp3) is 0.455. The van der Waals surface area contributed by atoms with E-state index in [4.69, 9.17) is 4.74 Å². The zero-order chi connectivity index (χ0) is 9.10. The zero-order valence-corrected chi connectivity index (χ0v) is 7.52. The molecule has 13 heavy (non-hydrogen) atoms. The second-order valence-electron chi connectivity index (χ2n) is 3.50. The first kappa shape index (κ1) is 8.73. The maximum absolute atomic E-state index is 9.43. The van der Waals surface area contributed by atoms with E-state index in [2.05, 4.69) is 12.1 Å². The average molecular weight is 178 g/mol.